The first kappa shape index (κ1) is 20.2. The average Bonchev–Trinajstić information content (AvgIpc) is 2.43. The van der Waals surface area contributed by atoms with E-state index in [0.29, 0.717) is 36.0 Å². The van der Waals surface area contributed by atoms with Crippen molar-refractivity contribution in [3.05, 3.63) is 33.8 Å². The normalized spacial score (nSPS) is 11.5. The van der Waals surface area contributed by atoms with E-state index < -0.39 is 10.0 Å². The number of rotatable bonds is 9. The van der Waals surface area contributed by atoms with Gasteiger partial charge in [0.15, 0.2) is 0 Å². The molecule has 1 aromatic carbocycles. The Morgan fingerprint density at radius 3 is 2.52 bits per heavy atom. The second-order valence-corrected chi connectivity index (χ2v) is 7.98. The van der Waals surface area contributed by atoms with Gasteiger partial charge >= 0.3 is 0 Å². The van der Waals surface area contributed by atoms with Gasteiger partial charge in [-0.25, -0.2) is 13.1 Å². The van der Waals surface area contributed by atoms with Crippen LogP contribution in [0.15, 0.2) is 18.2 Å². The number of sulfonamides is 1. The molecule has 5 nitrogen and oxygen atoms in total. The molecule has 0 radical (unpaired) electrons. The first-order valence-corrected chi connectivity index (χ1v) is 9.82. The van der Waals surface area contributed by atoms with Gasteiger partial charge in [0.1, 0.15) is 0 Å². The Morgan fingerprint density at radius 1 is 1.26 bits per heavy atom. The molecule has 0 aliphatic carbocycles. The van der Waals surface area contributed by atoms with E-state index in [-0.39, 0.29) is 18.2 Å². The van der Waals surface area contributed by atoms with Gasteiger partial charge in [-0.15, -0.1) is 0 Å². The van der Waals surface area contributed by atoms with E-state index in [2.05, 4.69) is 4.72 Å². The van der Waals surface area contributed by atoms with Crippen LogP contribution in [0.1, 0.15) is 25.8 Å². The molecule has 1 amide bonds. The van der Waals surface area contributed by atoms with Crippen molar-refractivity contribution in [2.24, 2.45) is 0 Å². The van der Waals surface area contributed by atoms with Gasteiger partial charge in [0.2, 0.25) is 15.9 Å². The fourth-order valence-corrected chi connectivity index (χ4v) is 3.67. The van der Waals surface area contributed by atoms with Crippen LogP contribution in [-0.4, -0.2) is 44.6 Å². The van der Waals surface area contributed by atoms with E-state index in [1.807, 2.05) is 6.07 Å². The molecular weight excluding hydrogens is 359 g/mol. The van der Waals surface area contributed by atoms with Crippen molar-refractivity contribution in [1.29, 1.82) is 0 Å². The van der Waals surface area contributed by atoms with E-state index >= 15 is 0 Å². The van der Waals surface area contributed by atoms with Crippen molar-refractivity contribution in [2.75, 3.05) is 25.4 Å². The number of carbonyl (C=O) groups excluding carboxylic acids is 1. The van der Waals surface area contributed by atoms with Crippen LogP contribution in [0.25, 0.3) is 0 Å². The van der Waals surface area contributed by atoms with Crippen molar-refractivity contribution >= 4 is 39.1 Å². The largest absolute Gasteiger partial charge is 0.341 e. The summed E-state index contributed by atoms with van der Waals surface area (Å²) < 4.78 is 25.7. The van der Waals surface area contributed by atoms with E-state index in [4.69, 9.17) is 23.2 Å². The lowest BCUT2D eigenvalue weighted by molar-refractivity contribution is -0.128. The topological polar surface area (TPSA) is 66.5 Å². The zero-order chi connectivity index (χ0) is 17.5. The number of benzene rings is 1. The number of amides is 1. The molecule has 130 valence electrons. The van der Waals surface area contributed by atoms with Crippen LogP contribution < -0.4 is 4.72 Å². The van der Waals surface area contributed by atoms with Gasteiger partial charge in [0.05, 0.1) is 5.75 Å². The Hall–Kier alpha value is -0.820. The van der Waals surface area contributed by atoms with E-state index in [9.17, 15) is 13.2 Å². The van der Waals surface area contributed by atoms with Crippen molar-refractivity contribution in [3.63, 3.8) is 0 Å². The Morgan fingerprint density at radius 2 is 1.96 bits per heavy atom. The van der Waals surface area contributed by atoms with Gasteiger partial charge in [0, 0.05) is 36.6 Å². The average molecular weight is 381 g/mol. The van der Waals surface area contributed by atoms with Crippen LogP contribution in [-0.2, 0) is 21.2 Å². The quantitative estimate of drug-likeness (QED) is 0.715. The summed E-state index contributed by atoms with van der Waals surface area (Å²) in [4.78, 5) is 13.3. The Balaban J connectivity index is 2.54. The van der Waals surface area contributed by atoms with E-state index in [1.54, 1.807) is 24.0 Å². The van der Waals surface area contributed by atoms with Gasteiger partial charge in [-0.1, -0.05) is 36.2 Å². The predicted octanol–water partition coefficient (Wildman–Crippen LogP) is 2.71. The lowest BCUT2D eigenvalue weighted by Gasteiger charge is -2.21. The monoisotopic (exact) mass is 380 g/mol. The molecule has 0 saturated carbocycles. The van der Waals surface area contributed by atoms with E-state index in [0.717, 1.165) is 5.56 Å². The molecule has 23 heavy (non-hydrogen) atoms. The van der Waals surface area contributed by atoms with Crippen LogP contribution >= 0.6 is 23.2 Å². The fourth-order valence-electron chi connectivity index (χ4n) is 2.08. The smallest absolute Gasteiger partial charge is 0.219 e. The van der Waals surface area contributed by atoms with Gasteiger partial charge in [-0.05, 0) is 30.5 Å². The lowest BCUT2D eigenvalue weighted by atomic mass is 10.1. The molecule has 0 bridgehead atoms. The summed E-state index contributed by atoms with van der Waals surface area (Å²) in [6.45, 7) is 4.26. The summed E-state index contributed by atoms with van der Waals surface area (Å²) in [5.74, 6) is -0.0160. The molecule has 0 unspecified atom stereocenters. The maximum absolute atomic E-state index is 11.7. The van der Waals surface area contributed by atoms with Crippen molar-refractivity contribution in [2.45, 2.75) is 26.7 Å². The molecular formula is C15H22Cl2N2O3S. The summed E-state index contributed by atoms with van der Waals surface area (Å²) in [6, 6.07) is 5.24. The maximum Gasteiger partial charge on any atom is 0.219 e. The highest BCUT2D eigenvalue weighted by Crippen LogP contribution is 2.21. The van der Waals surface area contributed by atoms with Crippen molar-refractivity contribution in [1.82, 2.24) is 9.62 Å². The second kappa shape index (κ2) is 9.47. The molecule has 0 fully saturated rings. The Labute approximate surface area is 148 Å². The minimum atomic E-state index is -3.26. The molecule has 8 heteroatoms. The zero-order valence-electron chi connectivity index (χ0n) is 13.3. The van der Waals surface area contributed by atoms with Gasteiger partial charge in [-0.3, -0.25) is 4.79 Å². The van der Waals surface area contributed by atoms with Gasteiger partial charge in [0.25, 0.3) is 0 Å². The Bertz CT molecular complexity index is 636. The molecule has 0 aliphatic heterocycles. The van der Waals surface area contributed by atoms with Crippen LogP contribution in [0.2, 0.25) is 10.0 Å². The number of nitrogens with one attached hydrogen (secondary N) is 1. The number of halogens is 2. The highest BCUT2D eigenvalue weighted by molar-refractivity contribution is 7.89. The molecule has 0 atom stereocenters. The summed E-state index contributed by atoms with van der Waals surface area (Å²) in [7, 11) is -3.26. The fraction of sp³-hybridized carbons (Fsp3) is 0.533. The SMILES string of the molecule is CCCS(=O)(=O)NCCN(CCc1ccc(Cl)cc1Cl)C(C)=O. The first-order chi connectivity index (χ1) is 10.7. The third-order valence-electron chi connectivity index (χ3n) is 3.29. The van der Waals surface area contributed by atoms with Crippen LogP contribution in [0.5, 0.6) is 0 Å². The summed E-state index contributed by atoms with van der Waals surface area (Å²) >= 11 is 12.0. The molecule has 0 saturated heterocycles. The summed E-state index contributed by atoms with van der Waals surface area (Å²) in [5, 5.41) is 1.12. The number of carbonyl (C=O) groups is 1. The molecule has 0 heterocycles. The molecule has 0 spiro atoms. The standard InChI is InChI=1S/C15H22Cl2N2O3S/c1-3-10-23(21,22)18-7-9-19(12(2)20)8-6-13-4-5-14(16)11-15(13)17/h4-5,11,18H,3,6-10H2,1-2H3. The van der Waals surface area contributed by atoms with Crippen LogP contribution in [0, 0.1) is 0 Å². The molecule has 0 aromatic heterocycles. The van der Waals surface area contributed by atoms with Crippen LogP contribution in [0.4, 0.5) is 0 Å². The molecule has 1 N–H and O–H groups in total. The zero-order valence-corrected chi connectivity index (χ0v) is 15.6. The van der Waals surface area contributed by atoms with E-state index in [1.165, 1.54) is 6.92 Å². The van der Waals surface area contributed by atoms with Crippen LogP contribution in [0.3, 0.4) is 0 Å². The molecule has 1 aromatic rings. The second-order valence-electron chi connectivity index (χ2n) is 5.21. The highest BCUT2D eigenvalue weighted by atomic mass is 35.5. The molecule has 1 rings (SSSR count). The number of nitrogens with zero attached hydrogens (tertiary/aromatic N) is 1. The lowest BCUT2D eigenvalue weighted by Crippen LogP contribution is -2.39. The van der Waals surface area contributed by atoms with Crippen molar-refractivity contribution in [3.8, 4) is 0 Å². The number of hydrogen-bond acceptors (Lipinski definition) is 3. The summed E-state index contributed by atoms with van der Waals surface area (Å²) in [6.07, 6.45) is 1.14. The highest BCUT2D eigenvalue weighted by Gasteiger charge is 2.13. The minimum Gasteiger partial charge on any atom is -0.341 e. The number of hydrogen-bond donors (Lipinski definition) is 1. The predicted molar refractivity (Wildman–Crippen MR) is 94.5 cm³/mol. The van der Waals surface area contributed by atoms with Gasteiger partial charge in [-0.2, -0.15) is 0 Å². The third-order valence-corrected chi connectivity index (χ3v) is 5.46. The summed E-state index contributed by atoms with van der Waals surface area (Å²) in [5.41, 5.74) is 0.897. The molecule has 0 aliphatic rings. The van der Waals surface area contributed by atoms with Gasteiger partial charge < -0.3 is 4.90 Å². The third kappa shape index (κ3) is 7.52. The minimum absolute atomic E-state index is 0.0907. The maximum atomic E-state index is 11.7. The van der Waals surface area contributed by atoms with Crippen molar-refractivity contribution < 1.29 is 13.2 Å². The Kier molecular flexibility index (Phi) is 8.33. The first-order valence-electron chi connectivity index (χ1n) is 7.42.